The molecule has 1 aromatic rings. The Bertz CT molecular complexity index is 469. The predicted molar refractivity (Wildman–Crippen MR) is 70.3 cm³/mol. The minimum absolute atomic E-state index is 0.318. The van der Waals surface area contributed by atoms with Crippen molar-refractivity contribution in [2.45, 2.75) is 43.7 Å². The molecule has 0 spiro atoms. The molecule has 3 aliphatic rings. The van der Waals surface area contributed by atoms with Gasteiger partial charge in [0.05, 0.1) is 0 Å². The van der Waals surface area contributed by atoms with E-state index in [4.69, 9.17) is 0 Å². The van der Waals surface area contributed by atoms with Crippen LogP contribution in [0.15, 0.2) is 30.3 Å². The number of carbonyl (C=O) groups is 1. The van der Waals surface area contributed by atoms with Crippen LogP contribution in [-0.2, 0) is 4.79 Å². The number of Topliss-reactive ketones (excluding diaryl/α,β-unsaturated/α-hetero) is 1. The van der Waals surface area contributed by atoms with Crippen molar-refractivity contribution in [2.24, 2.45) is 11.8 Å². The highest BCUT2D eigenvalue weighted by molar-refractivity contribution is 5.88. The van der Waals surface area contributed by atoms with Gasteiger partial charge in [0.15, 0.2) is 0 Å². The lowest BCUT2D eigenvalue weighted by Crippen LogP contribution is -2.29. The Kier molecular flexibility index (Phi) is 2.34. The Morgan fingerprint density at radius 3 is 2.56 bits per heavy atom. The summed E-state index contributed by atoms with van der Waals surface area (Å²) < 4.78 is 0. The monoisotopic (exact) mass is 241 g/mol. The van der Waals surface area contributed by atoms with Gasteiger partial charge in [-0.1, -0.05) is 30.3 Å². The fraction of sp³-hybridized carbons (Fsp3) is 0.562. The lowest BCUT2D eigenvalue weighted by Gasteiger charge is -2.18. The SMILES string of the molecule is O=C(C1CC2CCC1N2)C1CC1c1ccccc1. The summed E-state index contributed by atoms with van der Waals surface area (Å²) in [5.41, 5.74) is 1.35. The molecule has 2 aliphatic heterocycles. The lowest BCUT2D eigenvalue weighted by molar-refractivity contribution is -0.124. The summed E-state index contributed by atoms with van der Waals surface area (Å²) in [6, 6.07) is 11.7. The molecule has 2 bridgehead atoms. The first-order valence-corrected chi connectivity index (χ1v) is 7.17. The zero-order valence-corrected chi connectivity index (χ0v) is 10.5. The third-order valence-corrected chi connectivity index (χ3v) is 5.05. The highest BCUT2D eigenvalue weighted by atomic mass is 16.1. The van der Waals surface area contributed by atoms with Crippen molar-refractivity contribution in [1.29, 1.82) is 0 Å². The smallest absolute Gasteiger partial charge is 0.141 e. The van der Waals surface area contributed by atoms with Crippen molar-refractivity contribution in [1.82, 2.24) is 5.32 Å². The van der Waals surface area contributed by atoms with Gasteiger partial charge in [0, 0.05) is 23.9 Å². The van der Waals surface area contributed by atoms with Crippen LogP contribution in [0.4, 0.5) is 0 Å². The van der Waals surface area contributed by atoms with Gasteiger partial charge in [-0.3, -0.25) is 4.79 Å². The molecule has 5 atom stereocenters. The topological polar surface area (TPSA) is 29.1 Å². The first-order chi connectivity index (χ1) is 8.83. The number of benzene rings is 1. The Labute approximate surface area is 108 Å². The molecule has 0 aromatic heterocycles. The summed E-state index contributed by atoms with van der Waals surface area (Å²) in [4.78, 5) is 12.5. The van der Waals surface area contributed by atoms with Crippen LogP contribution < -0.4 is 5.32 Å². The Hall–Kier alpha value is -1.15. The number of hydrogen-bond donors (Lipinski definition) is 1. The third-order valence-electron chi connectivity index (χ3n) is 5.05. The maximum Gasteiger partial charge on any atom is 0.141 e. The predicted octanol–water partition coefficient (Wildman–Crippen LogP) is 2.50. The molecule has 18 heavy (non-hydrogen) atoms. The molecule has 2 heterocycles. The van der Waals surface area contributed by atoms with Gasteiger partial charge in [-0.05, 0) is 37.2 Å². The Morgan fingerprint density at radius 2 is 1.89 bits per heavy atom. The standard InChI is InChI=1S/C16H19NO/c18-16(14-8-11-6-7-15(14)17-11)13-9-12(13)10-4-2-1-3-5-10/h1-5,11-15,17H,6-9H2. The van der Waals surface area contributed by atoms with Crippen molar-refractivity contribution < 1.29 is 4.79 Å². The number of rotatable bonds is 3. The average Bonchev–Trinajstić information content (AvgIpc) is 2.94. The third kappa shape index (κ3) is 1.63. The van der Waals surface area contributed by atoms with Crippen molar-refractivity contribution in [3.8, 4) is 0 Å². The second-order valence-electron chi connectivity index (χ2n) is 6.15. The van der Waals surface area contributed by atoms with Crippen LogP contribution in [0.25, 0.3) is 0 Å². The van der Waals surface area contributed by atoms with Crippen LogP contribution >= 0.6 is 0 Å². The molecule has 94 valence electrons. The molecule has 0 radical (unpaired) electrons. The zero-order chi connectivity index (χ0) is 12.1. The summed E-state index contributed by atoms with van der Waals surface area (Å²) in [7, 11) is 0. The molecular weight excluding hydrogens is 222 g/mol. The Morgan fingerprint density at radius 1 is 1.06 bits per heavy atom. The van der Waals surface area contributed by atoms with Crippen LogP contribution in [0.2, 0.25) is 0 Å². The van der Waals surface area contributed by atoms with Crippen LogP contribution in [0.1, 0.15) is 37.2 Å². The van der Waals surface area contributed by atoms with Gasteiger partial charge in [0.2, 0.25) is 0 Å². The van der Waals surface area contributed by atoms with Gasteiger partial charge in [-0.2, -0.15) is 0 Å². The van der Waals surface area contributed by atoms with E-state index in [9.17, 15) is 4.79 Å². The van der Waals surface area contributed by atoms with E-state index in [0.717, 1.165) is 12.8 Å². The number of fused-ring (bicyclic) bond motifs is 2. The molecule has 4 rings (SSSR count). The largest absolute Gasteiger partial charge is 0.310 e. The van der Waals surface area contributed by atoms with Crippen molar-refractivity contribution >= 4 is 5.78 Å². The summed E-state index contributed by atoms with van der Waals surface area (Å²) in [6.07, 6.45) is 4.67. The fourth-order valence-electron chi connectivity index (χ4n) is 3.99. The van der Waals surface area contributed by atoms with E-state index in [1.54, 1.807) is 0 Å². The molecule has 3 fully saturated rings. The molecule has 2 saturated heterocycles. The molecular formula is C16H19NO. The summed E-state index contributed by atoms with van der Waals surface area (Å²) >= 11 is 0. The van der Waals surface area contributed by atoms with Crippen LogP contribution in [0, 0.1) is 11.8 Å². The minimum Gasteiger partial charge on any atom is -0.310 e. The maximum absolute atomic E-state index is 12.5. The van der Waals surface area contributed by atoms with Gasteiger partial charge >= 0.3 is 0 Å². The van der Waals surface area contributed by atoms with E-state index in [1.165, 1.54) is 18.4 Å². The zero-order valence-electron chi connectivity index (χ0n) is 10.5. The quantitative estimate of drug-likeness (QED) is 0.881. The molecule has 1 saturated carbocycles. The second kappa shape index (κ2) is 3.92. The number of nitrogens with one attached hydrogen (secondary N) is 1. The normalized spacial score (nSPS) is 41.0. The van der Waals surface area contributed by atoms with Gasteiger partial charge in [-0.15, -0.1) is 0 Å². The molecule has 2 heteroatoms. The van der Waals surface area contributed by atoms with E-state index in [-0.39, 0.29) is 0 Å². The van der Waals surface area contributed by atoms with Crippen LogP contribution in [-0.4, -0.2) is 17.9 Å². The lowest BCUT2D eigenvalue weighted by atomic mass is 9.84. The Balaban J connectivity index is 1.46. The van der Waals surface area contributed by atoms with Crippen LogP contribution in [0.5, 0.6) is 0 Å². The van der Waals surface area contributed by atoms with E-state index in [0.29, 0.717) is 35.6 Å². The van der Waals surface area contributed by atoms with E-state index < -0.39 is 0 Å². The van der Waals surface area contributed by atoms with E-state index in [2.05, 4.69) is 29.6 Å². The van der Waals surface area contributed by atoms with Gasteiger partial charge < -0.3 is 5.32 Å². The first kappa shape index (κ1) is 10.7. The van der Waals surface area contributed by atoms with Gasteiger partial charge in [-0.25, -0.2) is 0 Å². The molecule has 1 aromatic carbocycles. The molecule has 5 unspecified atom stereocenters. The fourth-order valence-corrected chi connectivity index (χ4v) is 3.99. The molecule has 1 N–H and O–H groups in total. The number of ketones is 1. The highest BCUT2D eigenvalue weighted by Crippen LogP contribution is 2.51. The van der Waals surface area contributed by atoms with Crippen molar-refractivity contribution in [3.63, 3.8) is 0 Å². The highest BCUT2D eigenvalue weighted by Gasteiger charge is 2.51. The summed E-state index contributed by atoms with van der Waals surface area (Å²) in [6.45, 7) is 0. The van der Waals surface area contributed by atoms with Crippen molar-refractivity contribution in [3.05, 3.63) is 35.9 Å². The van der Waals surface area contributed by atoms with Gasteiger partial charge in [0.25, 0.3) is 0 Å². The second-order valence-corrected chi connectivity index (χ2v) is 6.15. The van der Waals surface area contributed by atoms with E-state index in [1.807, 2.05) is 6.07 Å². The summed E-state index contributed by atoms with van der Waals surface area (Å²) in [5.74, 6) is 1.70. The molecule has 1 aliphatic carbocycles. The first-order valence-electron chi connectivity index (χ1n) is 7.17. The molecule has 0 amide bonds. The average molecular weight is 241 g/mol. The van der Waals surface area contributed by atoms with E-state index >= 15 is 0 Å². The van der Waals surface area contributed by atoms with Gasteiger partial charge in [0.1, 0.15) is 5.78 Å². The minimum atomic E-state index is 0.318. The van der Waals surface area contributed by atoms with Crippen LogP contribution in [0.3, 0.4) is 0 Å². The number of carbonyl (C=O) groups excluding carboxylic acids is 1. The molecule has 2 nitrogen and oxygen atoms in total. The van der Waals surface area contributed by atoms with Crippen molar-refractivity contribution in [2.75, 3.05) is 0 Å². The number of hydrogen-bond acceptors (Lipinski definition) is 2. The maximum atomic E-state index is 12.5. The summed E-state index contributed by atoms with van der Waals surface area (Å²) in [5, 5.41) is 3.58.